The van der Waals surface area contributed by atoms with Crippen molar-refractivity contribution in [2.75, 3.05) is 20.3 Å². The van der Waals surface area contributed by atoms with Gasteiger partial charge < -0.3 is 14.2 Å². The first-order valence-electron chi connectivity index (χ1n) is 6.21. The van der Waals surface area contributed by atoms with Crippen LogP contribution in [0.5, 0.6) is 0 Å². The summed E-state index contributed by atoms with van der Waals surface area (Å²) in [7, 11) is 1.38. The first kappa shape index (κ1) is 14.3. The van der Waals surface area contributed by atoms with Crippen LogP contribution in [-0.4, -0.2) is 31.9 Å². The van der Waals surface area contributed by atoms with Gasteiger partial charge in [-0.05, 0) is 30.5 Å². The van der Waals surface area contributed by atoms with Crippen LogP contribution < -0.4 is 0 Å². The fourth-order valence-corrected chi connectivity index (χ4v) is 2.13. The highest BCUT2D eigenvalue weighted by Gasteiger charge is 2.52. The molecule has 1 unspecified atom stereocenters. The zero-order chi connectivity index (χ0) is 13.7. The second-order valence-corrected chi connectivity index (χ2v) is 5.00. The number of benzene rings is 1. The zero-order valence-electron chi connectivity index (χ0n) is 10.9. The SMILES string of the molecule is COC(=O)C1(CCCOCc2cccc(Cl)c2)CO1. The molecule has 19 heavy (non-hydrogen) atoms. The van der Waals surface area contributed by atoms with E-state index < -0.39 is 5.60 Å². The summed E-state index contributed by atoms with van der Waals surface area (Å²) in [6.07, 6.45) is 1.39. The zero-order valence-corrected chi connectivity index (χ0v) is 11.6. The molecule has 1 saturated heterocycles. The van der Waals surface area contributed by atoms with Crippen molar-refractivity contribution in [1.82, 2.24) is 0 Å². The Hall–Kier alpha value is -1.10. The van der Waals surface area contributed by atoms with Gasteiger partial charge in [-0.2, -0.15) is 0 Å². The van der Waals surface area contributed by atoms with Crippen LogP contribution in [0.25, 0.3) is 0 Å². The molecule has 0 aromatic heterocycles. The van der Waals surface area contributed by atoms with Crippen LogP contribution in [0.1, 0.15) is 18.4 Å². The summed E-state index contributed by atoms with van der Waals surface area (Å²) in [5.41, 5.74) is 0.339. The van der Waals surface area contributed by atoms with Crippen molar-refractivity contribution in [2.24, 2.45) is 0 Å². The Morgan fingerprint density at radius 2 is 2.32 bits per heavy atom. The quantitative estimate of drug-likeness (QED) is 0.439. The van der Waals surface area contributed by atoms with Crippen molar-refractivity contribution in [1.29, 1.82) is 0 Å². The number of carbonyl (C=O) groups is 1. The fourth-order valence-electron chi connectivity index (χ4n) is 1.91. The minimum Gasteiger partial charge on any atom is -0.467 e. The molecule has 1 fully saturated rings. The van der Waals surface area contributed by atoms with E-state index in [0.717, 1.165) is 12.0 Å². The first-order chi connectivity index (χ1) is 9.16. The number of methoxy groups -OCH3 is 1. The number of rotatable bonds is 7. The molecule has 0 amide bonds. The summed E-state index contributed by atoms with van der Waals surface area (Å²) >= 11 is 5.88. The van der Waals surface area contributed by atoms with E-state index in [1.807, 2.05) is 24.3 Å². The third-order valence-corrected chi connectivity index (χ3v) is 3.31. The molecule has 5 heteroatoms. The minimum atomic E-state index is -0.700. The lowest BCUT2D eigenvalue weighted by Gasteiger charge is -2.09. The van der Waals surface area contributed by atoms with Gasteiger partial charge in [0.1, 0.15) is 0 Å². The van der Waals surface area contributed by atoms with Gasteiger partial charge in [0.05, 0.1) is 20.3 Å². The van der Waals surface area contributed by atoms with Gasteiger partial charge in [0.25, 0.3) is 0 Å². The lowest BCUT2D eigenvalue weighted by Crippen LogP contribution is -2.26. The molecule has 0 N–H and O–H groups in total. The van der Waals surface area contributed by atoms with E-state index in [0.29, 0.717) is 31.3 Å². The highest BCUT2D eigenvalue weighted by atomic mass is 35.5. The van der Waals surface area contributed by atoms with E-state index in [-0.39, 0.29) is 5.97 Å². The monoisotopic (exact) mass is 284 g/mol. The van der Waals surface area contributed by atoms with Gasteiger partial charge >= 0.3 is 5.97 Å². The molecule has 1 aromatic carbocycles. The van der Waals surface area contributed by atoms with Crippen LogP contribution in [-0.2, 0) is 25.6 Å². The van der Waals surface area contributed by atoms with Crippen molar-refractivity contribution >= 4 is 17.6 Å². The molecule has 1 aliphatic heterocycles. The number of esters is 1. The van der Waals surface area contributed by atoms with Crippen LogP contribution in [0.4, 0.5) is 0 Å². The normalized spacial score (nSPS) is 21.2. The summed E-state index contributed by atoms with van der Waals surface area (Å²) in [6, 6.07) is 7.56. The third-order valence-electron chi connectivity index (χ3n) is 3.08. The van der Waals surface area contributed by atoms with Gasteiger partial charge in [-0.1, -0.05) is 23.7 Å². The number of halogens is 1. The van der Waals surface area contributed by atoms with Crippen LogP contribution >= 0.6 is 11.6 Å². The van der Waals surface area contributed by atoms with Gasteiger partial charge in [-0.3, -0.25) is 0 Å². The van der Waals surface area contributed by atoms with Gasteiger partial charge in [-0.25, -0.2) is 4.79 Å². The van der Waals surface area contributed by atoms with Crippen LogP contribution in [0.2, 0.25) is 5.02 Å². The molecular formula is C14H17ClO4. The number of carbonyl (C=O) groups excluding carboxylic acids is 1. The topological polar surface area (TPSA) is 48.1 Å². The predicted octanol–water partition coefficient (Wildman–Crippen LogP) is 2.58. The molecule has 1 aliphatic rings. The maximum atomic E-state index is 11.4. The van der Waals surface area contributed by atoms with E-state index in [1.165, 1.54) is 7.11 Å². The Kier molecular flexibility index (Phi) is 4.80. The first-order valence-corrected chi connectivity index (χ1v) is 6.59. The number of ether oxygens (including phenoxy) is 3. The molecule has 104 valence electrons. The lowest BCUT2D eigenvalue weighted by atomic mass is 10.1. The van der Waals surface area contributed by atoms with Crippen molar-refractivity contribution in [3.8, 4) is 0 Å². The molecule has 0 bridgehead atoms. The molecule has 0 saturated carbocycles. The Morgan fingerprint density at radius 1 is 1.53 bits per heavy atom. The number of epoxide rings is 1. The molecule has 0 radical (unpaired) electrons. The molecule has 4 nitrogen and oxygen atoms in total. The smallest absolute Gasteiger partial charge is 0.340 e. The van der Waals surface area contributed by atoms with E-state index in [2.05, 4.69) is 0 Å². The van der Waals surface area contributed by atoms with Crippen LogP contribution in [0.3, 0.4) is 0 Å². The van der Waals surface area contributed by atoms with Crippen molar-refractivity contribution in [3.63, 3.8) is 0 Å². The lowest BCUT2D eigenvalue weighted by molar-refractivity contribution is -0.147. The molecule has 0 spiro atoms. The minimum absolute atomic E-state index is 0.289. The molecule has 0 aliphatic carbocycles. The second kappa shape index (κ2) is 6.37. The summed E-state index contributed by atoms with van der Waals surface area (Å²) in [4.78, 5) is 11.4. The van der Waals surface area contributed by atoms with E-state index in [9.17, 15) is 4.79 Å². The summed E-state index contributed by atoms with van der Waals surface area (Å²) in [5, 5.41) is 0.706. The molecule has 1 heterocycles. The number of hydrogen-bond acceptors (Lipinski definition) is 4. The average molecular weight is 285 g/mol. The van der Waals surface area contributed by atoms with Gasteiger partial charge in [0, 0.05) is 11.6 Å². The summed E-state index contributed by atoms with van der Waals surface area (Å²) in [5.74, 6) is -0.289. The standard InChI is InChI=1S/C14H17ClO4/c1-17-13(16)14(10-19-14)6-3-7-18-9-11-4-2-5-12(15)8-11/h2,4-5,8H,3,6-7,9-10H2,1H3. The van der Waals surface area contributed by atoms with Crippen molar-refractivity contribution in [3.05, 3.63) is 34.9 Å². The highest BCUT2D eigenvalue weighted by Crippen LogP contribution is 2.33. The van der Waals surface area contributed by atoms with E-state index >= 15 is 0 Å². The number of hydrogen-bond donors (Lipinski definition) is 0. The van der Waals surface area contributed by atoms with Crippen LogP contribution in [0, 0.1) is 0 Å². The van der Waals surface area contributed by atoms with E-state index in [4.69, 9.17) is 25.8 Å². The Labute approximate surface area is 117 Å². The van der Waals surface area contributed by atoms with Crippen molar-refractivity contribution in [2.45, 2.75) is 25.0 Å². The van der Waals surface area contributed by atoms with Crippen LogP contribution in [0.15, 0.2) is 24.3 Å². The Balaban J connectivity index is 1.64. The average Bonchev–Trinajstić information content (AvgIpc) is 3.19. The van der Waals surface area contributed by atoms with Gasteiger partial charge in [-0.15, -0.1) is 0 Å². The second-order valence-electron chi connectivity index (χ2n) is 4.56. The van der Waals surface area contributed by atoms with Gasteiger partial charge in [0.2, 0.25) is 0 Å². The molecule has 1 aromatic rings. The van der Waals surface area contributed by atoms with Gasteiger partial charge in [0.15, 0.2) is 5.60 Å². The largest absolute Gasteiger partial charge is 0.467 e. The third kappa shape index (κ3) is 3.93. The maximum Gasteiger partial charge on any atom is 0.340 e. The molecule has 2 rings (SSSR count). The summed E-state index contributed by atoms with van der Waals surface area (Å²) < 4.78 is 15.4. The molecule has 1 atom stereocenters. The van der Waals surface area contributed by atoms with Crippen molar-refractivity contribution < 1.29 is 19.0 Å². The highest BCUT2D eigenvalue weighted by molar-refractivity contribution is 6.30. The summed E-state index contributed by atoms with van der Waals surface area (Å²) in [6.45, 7) is 1.55. The molecular weight excluding hydrogens is 268 g/mol. The maximum absolute atomic E-state index is 11.4. The predicted molar refractivity (Wildman–Crippen MR) is 71.0 cm³/mol. The Bertz CT molecular complexity index is 443. The Morgan fingerprint density at radius 3 is 2.95 bits per heavy atom. The van der Waals surface area contributed by atoms with E-state index in [1.54, 1.807) is 0 Å². The fraction of sp³-hybridized carbons (Fsp3) is 0.500.